The zero-order valence-electron chi connectivity index (χ0n) is 11.0. The van der Waals surface area contributed by atoms with Crippen LogP contribution in [0.4, 0.5) is 4.79 Å². The molecule has 0 atom stereocenters. The number of likely N-dealkylation sites (tertiary alicyclic amines) is 1. The van der Waals surface area contributed by atoms with E-state index in [4.69, 9.17) is 0 Å². The van der Waals surface area contributed by atoms with Crippen LogP contribution < -0.4 is 5.32 Å². The average molecular weight is 253 g/mol. The van der Waals surface area contributed by atoms with Crippen molar-refractivity contribution >= 4 is 17.8 Å². The quantitative estimate of drug-likeness (QED) is 0.714. The van der Waals surface area contributed by atoms with Gasteiger partial charge in [0.15, 0.2) is 0 Å². The van der Waals surface area contributed by atoms with Crippen LogP contribution >= 0.6 is 0 Å². The lowest BCUT2D eigenvalue weighted by atomic mass is 9.90. The van der Waals surface area contributed by atoms with Gasteiger partial charge in [-0.05, 0) is 5.41 Å². The van der Waals surface area contributed by atoms with E-state index in [-0.39, 0.29) is 35.8 Å². The Morgan fingerprint density at radius 3 is 2.39 bits per heavy atom. The van der Waals surface area contributed by atoms with E-state index < -0.39 is 0 Å². The van der Waals surface area contributed by atoms with Crippen LogP contribution in [0.5, 0.6) is 0 Å². The Morgan fingerprint density at radius 2 is 1.94 bits per heavy atom. The van der Waals surface area contributed by atoms with Crippen molar-refractivity contribution < 1.29 is 14.4 Å². The van der Waals surface area contributed by atoms with E-state index in [1.165, 1.54) is 4.90 Å². The van der Waals surface area contributed by atoms with Gasteiger partial charge in [0.25, 0.3) is 0 Å². The zero-order chi connectivity index (χ0) is 13.5. The molecule has 0 aromatic carbocycles. The molecule has 18 heavy (non-hydrogen) atoms. The van der Waals surface area contributed by atoms with Gasteiger partial charge in [-0.25, -0.2) is 4.79 Å². The lowest BCUT2D eigenvalue weighted by molar-refractivity contribution is -0.143. The fraction of sp³-hybridized carbons (Fsp3) is 0.750. The average Bonchev–Trinajstić information content (AvgIpc) is 2.43. The molecule has 1 N–H and O–H groups in total. The van der Waals surface area contributed by atoms with Crippen LogP contribution in [0.25, 0.3) is 0 Å². The number of nitrogens with zero attached hydrogens (tertiary/aromatic N) is 2. The summed E-state index contributed by atoms with van der Waals surface area (Å²) in [6, 6.07) is -0.489. The van der Waals surface area contributed by atoms with Crippen LogP contribution in [-0.4, -0.2) is 53.3 Å². The summed E-state index contributed by atoms with van der Waals surface area (Å²) in [5, 5.41) is 2.48. The molecule has 0 unspecified atom stereocenters. The first-order chi connectivity index (χ1) is 8.28. The number of amides is 4. The highest BCUT2D eigenvalue weighted by Gasteiger charge is 2.43. The SMILES string of the molecule is CC(C)(C)CC(=O)N1CC(N2C(=O)CNC2=O)C1. The molecule has 100 valence electrons. The van der Waals surface area contributed by atoms with Gasteiger partial charge in [0.2, 0.25) is 11.8 Å². The van der Waals surface area contributed by atoms with Crippen LogP contribution in [0.1, 0.15) is 27.2 Å². The van der Waals surface area contributed by atoms with Crippen molar-refractivity contribution in [1.82, 2.24) is 15.1 Å². The van der Waals surface area contributed by atoms with Crippen LogP contribution in [-0.2, 0) is 9.59 Å². The van der Waals surface area contributed by atoms with Crippen molar-refractivity contribution in [1.29, 1.82) is 0 Å². The maximum atomic E-state index is 11.9. The Hall–Kier alpha value is -1.59. The maximum Gasteiger partial charge on any atom is 0.324 e. The third-order valence-corrected chi connectivity index (χ3v) is 3.14. The normalized spacial score (nSPS) is 21.1. The molecular formula is C12H19N3O3. The van der Waals surface area contributed by atoms with Gasteiger partial charge in [-0.15, -0.1) is 0 Å². The van der Waals surface area contributed by atoms with Gasteiger partial charge in [-0.3, -0.25) is 14.5 Å². The van der Waals surface area contributed by atoms with Crippen LogP contribution in [0.3, 0.4) is 0 Å². The predicted molar refractivity (Wildman–Crippen MR) is 64.7 cm³/mol. The van der Waals surface area contributed by atoms with E-state index in [1.54, 1.807) is 4.90 Å². The van der Waals surface area contributed by atoms with Gasteiger partial charge in [0, 0.05) is 19.5 Å². The van der Waals surface area contributed by atoms with Crippen molar-refractivity contribution in [3.63, 3.8) is 0 Å². The summed E-state index contributed by atoms with van der Waals surface area (Å²) in [5.41, 5.74) is -0.0387. The Morgan fingerprint density at radius 1 is 1.33 bits per heavy atom. The van der Waals surface area contributed by atoms with Crippen molar-refractivity contribution in [2.24, 2.45) is 5.41 Å². The molecule has 0 aliphatic carbocycles. The lowest BCUT2D eigenvalue weighted by Gasteiger charge is -2.43. The Labute approximate surface area is 106 Å². The van der Waals surface area contributed by atoms with Crippen molar-refractivity contribution in [3.8, 4) is 0 Å². The Kier molecular flexibility index (Phi) is 3.04. The topological polar surface area (TPSA) is 69.7 Å². The fourth-order valence-electron chi connectivity index (χ4n) is 2.19. The minimum atomic E-state index is -0.340. The van der Waals surface area contributed by atoms with E-state index in [9.17, 15) is 14.4 Å². The second-order valence-corrected chi connectivity index (χ2v) is 6.11. The second-order valence-electron chi connectivity index (χ2n) is 6.11. The van der Waals surface area contributed by atoms with Crippen molar-refractivity contribution in [3.05, 3.63) is 0 Å². The molecule has 0 saturated carbocycles. The number of rotatable bonds is 2. The molecule has 0 radical (unpaired) electrons. The van der Waals surface area contributed by atoms with Crippen molar-refractivity contribution in [2.45, 2.75) is 33.2 Å². The number of carbonyl (C=O) groups is 3. The molecule has 0 aromatic rings. The highest BCUT2D eigenvalue weighted by Crippen LogP contribution is 2.24. The fourth-order valence-corrected chi connectivity index (χ4v) is 2.19. The molecule has 2 fully saturated rings. The molecule has 0 aromatic heterocycles. The molecule has 2 heterocycles. The predicted octanol–water partition coefficient (Wildman–Crippen LogP) is 0.185. The van der Waals surface area contributed by atoms with E-state index >= 15 is 0 Å². The van der Waals surface area contributed by atoms with Crippen LogP contribution in [0.15, 0.2) is 0 Å². The van der Waals surface area contributed by atoms with E-state index in [2.05, 4.69) is 5.32 Å². The lowest BCUT2D eigenvalue weighted by Crippen LogP contribution is -2.62. The van der Waals surface area contributed by atoms with Gasteiger partial charge >= 0.3 is 6.03 Å². The summed E-state index contributed by atoms with van der Waals surface area (Å²) in [6.07, 6.45) is 0.486. The van der Waals surface area contributed by atoms with Gasteiger partial charge < -0.3 is 10.2 Å². The highest BCUT2D eigenvalue weighted by molar-refractivity contribution is 6.02. The van der Waals surface area contributed by atoms with Crippen molar-refractivity contribution in [2.75, 3.05) is 19.6 Å². The molecule has 2 aliphatic rings. The number of urea groups is 1. The molecular weight excluding hydrogens is 234 g/mol. The molecule has 2 aliphatic heterocycles. The standard InChI is InChI=1S/C12H19N3O3/c1-12(2,3)4-9(16)14-6-8(7-14)15-10(17)5-13-11(15)18/h8H,4-7H2,1-3H3,(H,13,18). The summed E-state index contributed by atoms with van der Waals surface area (Å²) >= 11 is 0. The first-order valence-corrected chi connectivity index (χ1v) is 6.15. The smallest absolute Gasteiger partial charge is 0.324 e. The summed E-state index contributed by atoms with van der Waals surface area (Å²) in [5.74, 6) is -0.112. The van der Waals surface area contributed by atoms with Gasteiger partial charge in [0.05, 0.1) is 12.6 Å². The summed E-state index contributed by atoms with van der Waals surface area (Å²) in [6.45, 7) is 7.05. The molecule has 0 spiro atoms. The monoisotopic (exact) mass is 253 g/mol. The first kappa shape index (κ1) is 12.9. The van der Waals surface area contributed by atoms with E-state index in [1.807, 2.05) is 20.8 Å². The number of carbonyl (C=O) groups excluding carboxylic acids is 3. The van der Waals surface area contributed by atoms with Gasteiger partial charge in [-0.1, -0.05) is 20.8 Å². The largest absolute Gasteiger partial charge is 0.338 e. The van der Waals surface area contributed by atoms with Gasteiger partial charge in [-0.2, -0.15) is 0 Å². The van der Waals surface area contributed by atoms with Gasteiger partial charge in [0.1, 0.15) is 0 Å². The maximum absolute atomic E-state index is 11.9. The number of hydrogen-bond acceptors (Lipinski definition) is 3. The molecule has 6 heteroatoms. The minimum absolute atomic E-state index is 0.0387. The summed E-state index contributed by atoms with van der Waals surface area (Å²) in [7, 11) is 0. The minimum Gasteiger partial charge on any atom is -0.338 e. The van der Waals surface area contributed by atoms with E-state index in [0.717, 1.165) is 0 Å². The highest BCUT2D eigenvalue weighted by atomic mass is 16.2. The molecule has 2 rings (SSSR count). The molecule has 6 nitrogen and oxygen atoms in total. The molecule has 4 amide bonds. The second kappa shape index (κ2) is 4.26. The van der Waals surface area contributed by atoms with E-state index in [0.29, 0.717) is 19.5 Å². The molecule has 2 saturated heterocycles. The van der Waals surface area contributed by atoms with Crippen LogP contribution in [0, 0.1) is 5.41 Å². The summed E-state index contributed by atoms with van der Waals surface area (Å²) < 4.78 is 0. The molecule has 0 bridgehead atoms. The Balaban J connectivity index is 1.85. The third kappa shape index (κ3) is 2.47. The zero-order valence-corrected chi connectivity index (χ0v) is 11.0. The number of hydrogen-bond donors (Lipinski definition) is 1. The first-order valence-electron chi connectivity index (χ1n) is 6.15. The number of nitrogens with one attached hydrogen (secondary N) is 1. The summed E-state index contributed by atoms with van der Waals surface area (Å²) in [4.78, 5) is 37.7. The Bertz CT molecular complexity index is 378. The van der Waals surface area contributed by atoms with Crippen LogP contribution in [0.2, 0.25) is 0 Å². The number of imide groups is 1. The third-order valence-electron chi connectivity index (χ3n) is 3.14.